The van der Waals surface area contributed by atoms with E-state index in [9.17, 15) is 0 Å². The quantitative estimate of drug-likeness (QED) is 0.231. The van der Waals surface area contributed by atoms with E-state index in [1.54, 1.807) is 12.4 Å². The summed E-state index contributed by atoms with van der Waals surface area (Å²) in [4.78, 5) is 19.1. The number of benzene rings is 4. The Balaban J connectivity index is 1.32. The van der Waals surface area contributed by atoms with Crippen molar-refractivity contribution in [2.75, 3.05) is 6.54 Å². The number of allylic oxidation sites excluding steroid dienone is 1. The standard InChI is InChI=1S/C37H25N7O/c1-4-10-27-24(7-1)32-29(21-31-34-33(32)25-8-2-3-9-26(25)43(34)28-11-5-6-12-30(28)45-31)44(27)37-41-35(22-13-17-38-18-14-22)40-36(42-37)23-15-19-39-20-16-23/h1-15,17-19,21,37H,16,20H2,(H,40,41,42). The second-order valence-corrected chi connectivity index (χ2v) is 11.5. The van der Waals surface area contributed by atoms with E-state index in [-0.39, 0.29) is 0 Å². The molecule has 0 amide bonds. The van der Waals surface area contributed by atoms with Crippen LogP contribution in [0.25, 0.3) is 49.3 Å². The first-order valence-corrected chi connectivity index (χ1v) is 15.1. The molecule has 8 nitrogen and oxygen atoms in total. The topological polar surface area (TPSA) is 81.1 Å². The van der Waals surface area contributed by atoms with E-state index in [1.807, 2.05) is 36.6 Å². The molecule has 1 atom stereocenters. The lowest BCUT2D eigenvalue weighted by molar-refractivity contribution is 0.476. The highest BCUT2D eigenvalue weighted by Crippen LogP contribution is 2.50. The highest BCUT2D eigenvalue weighted by atomic mass is 16.5. The SMILES string of the molecule is C1=NCCC(C2=NC(n3c4ccccc4c4c5c6ccccc6n6c5c(cc43)Oc3ccccc3-6)N=C(c3ccncc3)N2)=C1. The normalized spacial score (nSPS) is 17.2. The van der Waals surface area contributed by atoms with Crippen LogP contribution in [0, 0.1) is 0 Å². The van der Waals surface area contributed by atoms with Gasteiger partial charge in [0, 0.05) is 58.3 Å². The number of hydrogen-bond acceptors (Lipinski definition) is 6. The van der Waals surface area contributed by atoms with Crippen LogP contribution in [0.2, 0.25) is 0 Å². The lowest BCUT2D eigenvalue weighted by atomic mass is 10.0. The zero-order valence-electron chi connectivity index (χ0n) is 24.1. The summed E-state index contributed by atoms with van der Waals surface area (Å²) in [7, 11) is 0. The van der Waals surface area contributed by atoms with Gasteiger partial charge in [-0.05, 0) is 54.5 Å². The first-order chi connectivity index (χ1) is 22.3. The molecular weight excluding hydrogens is 558 g/mol. The van der Waals surface area contributed by atoms with Crippen LogP contribution in [0.1, 0.15) is 18.3 Å². The van der Waals surface area contributed by atoms with E-state index in [0.717, 1.165) is 80.4 Å². The third kappa shape index (κ3) is 3.47. The fraction of sp³-hybridized carbons (Fsp3) is 0.0811. The van der Waals surface area contributed by atoms with Gasteiger partial charge in [-0.3, -0.25) is 14.5 Å². The van der Waals surface area contributed by atoms with Crippen molar-refractivity contribution in [2.45, 2.75) is 12.7 Å². The number of nitrogens with one attached hydrogen (secondary N) is 1. The summed E-state index contributed by atoms with van der Waals surface area (Å²) in [5.41, 5.74) is 7.42. The number of aliphatic imine (C=N–C) groups is 3. The van der Waals surface area contributed by atoms with Crippen molar-refractivity contribution in [3.63, 3.8) is 0 Å². The summed E-state index contributed by atoms with van der Waals surface area (Å²) in [5.74, 6) is 3.22. The zero-order valence-corrected chi connectivity index (χ0v) is 24.1. The van der Waals surface area contributed by atoms with Crippen LogP contribution >= 0.6 is 0 Å². The predicted octanol–water partition coefficient (Wildman–Crippen LogP) is 7.70. The summed E-state index contributed by atoms with van der Waals surface area (Å²) >= 11 is 0. The Bertz CT molecular complexity index is 2500. The number of ether oxygens (including phenoxy) is 1. The summed E-state index contributed by atoms with van der Waals surface area (Å²) in [6.45, 7) is 0.735. The Kier molecular flexibility index (Phi) is 5.01. The number of dihydropyridines is 1. The monoisotopic (exact) mass is 583 g/mol. The summed E-state index contributed by atoms with van der Waals surface area (Å²) in [6.07, 6.45) is 7.74. The van der Waals surface area contributed by atoms with Crippen molar-refractivity contribution >= 4 is 61.5 Å². The molecule has 0 aliphatic carbocycles. The second-order valence-electron chi connectivity index (χ2n) is 11.5. The molecule has 7 aromatic rings. The maximum atomic E-state index is 6.68. The molecular formula is C37H25N7O. The van der Waals surface area contributed by atoms with E-state index in [4.69, 9.17) is 14.7 Å². The Morgan fingerprint density at radius 2 is 1.49 bits per heavy atom. The Hall–Kier alpha value is -6.02. The maximum Gasteiger partial charge on any atom is 0.224 e. The van der Waals surface area contributed by atoms with Crippen LogP contribution in [0.4, 0.5) is 0 Å². The van der Waals surface area contributed by atoms with Gasteiger partial charge in [0.05, 0.1) is 27.8 Å². The molecule has 10 rings (SSSR count). The van der Waals surface area contributed by atoms with Crippen molar-refractivity contribution in [3.8, 4) is 17.2 Å². The minimum atomic E-state index is -0.555. The van der Waals surface area contributed by atoms with E-state index in [2.05, 4.69) is 91.2 Å². The number of para-hydroxylation sites is 4. The molecule has 0 radical (unpaired) electrons. The number of fused-ring (bicyclic) bond motifs is 9. The van der Waals surface area contributed by atoms with Crippen molar-refractivity contribution < 1.29 is 4.74 Å². The molecule has 0 fully saturated rings. The van der Waals surface area contributed by atoms with E-state index in [0.29, 0.717) is 0 Å². The van der Waals surface area contributed by atoms with Gasteiger partial charge in [-0.1, -0.05) is 48.5 Å². The smallest absolute Gasteiger partial charge is 0.224 e. The second kappa shape index (κ2) is 9.24. The Morgan fingerprint density at radius 3 is 2.33 bits per heavy atom. The van der Waals surface area contributed by atoms with Crippen LogP contribution in [0.5, 0.6) is 11.5 Å². The van der Waals surface area contributed by atoms with E-state index in [1.165, 1.54) is 16.2 Å². The minimum Gasteiger partial charge on any atom is -0.453 e. The summed E-state index contributed by atoms with van der Waals surface area (Å²) < 4.78 is 11.3. The number of hydrogen-bond donors (Lipinski definition) is 1. The van der Waals surface area contributed by atoms with Crippen LogP contribution in [-0.2, 0) is 0 Å². The van der Waals surface area contributed by atoms with E-state index >= 15 is 0 Å². The predicted molar refractivity (Wildman–Crippen MR) is 180 cm³/mol. The third-order valence-corrected chi connectivity index (χ3v) is 9.01. The minimum absolute atomic E-state index is 0.555. The molecule has 0 saturated heterocycles. The average molecular weight is 584 g/mol. The maximum absolute atomic E-state index is 6.68. The van der Waals surface area contributed by atoms with Gasteiger partial charge in [0.25, 0.3) is 0 Å². The Morgan fingerprint density at radius 1 is 0.733 bits per heavy atom. The molecule has 0 saturated carbocycles. The van der Waals surface area contributed by atoms with Crippen molar-refractivity contribution in [3.05, 3.63) is 121 Å². The number of nitrogens with zero attached hydrogens (tertiary/aromatic N) is 6. The summed E-state index contributed by atoms with van der Waals surface area (Å²) in [5, 5.41) is 8.21. The molecule has 1 unspecified atom stereocenters. The third-order valence-electron chi connectivity index (χ3n) is 9.01. The fourth-order valence-corrected chi connectivity index (χ4v) is 7.08. The molecule has 1 N–H and O–H groups in total. The van der Waals surface area contributed by atoms with E-state index < -0.39 is 6.29 Å². The van der Waals surface area contributed by atoms with Crippen molar-refractivity contribution in [1.29, 1.82) is 0 Å². The van der Waals surface area contributed by atoms with Gasteiger partial charge in [-0.2, -0.15) is 0 Å². The first kappa shape index (κ1) is 24.4. The molecule has 0 spiro atoms. The molecule has 214 valence electrons. The average Bonchev–Trinajstić information content (AvgIpc) is 3.63. The van der Waals surface area contributed by atoms with Gasteiger partial charge in [-0.15, -0.1) is 0 Å². The highest BCUT2D eigenvalue weighted by Gasteiger charge is 2.30. The van der Waals surface area contributed by atoms with Gasteiger partial charge in [0.1, 0.15) is 11.7 Å². The molecule has 0 bridgehead atoms. The van der Waals surface area contributed by atoms with Crippen molar-refractivity contribution in [2.24, 2.45) is 15.0 Å². The largest absolute Gasteiger partial charge is 0.453 e. The van der Waals surface area contributed by atoms with Gasteiger partial charge < -0.3 is 14.6 Å². The molecule has 3 aliphatic rings. The van der Waals surface area contributed by atoms with Crippen LogP contribution in [0.15, 0.2) is 130 Å². The van der Waals surface area contributed by atoms with Crippen molar-refractivity contribution in [1.82, 2.24) is 19.4 Å². The first-order valence-electron chi connectivity index (χ1n) is 15.1. The highest BCUT2D eigenvalue weighted by molar-refractivity contribution is 6.30. The lowest BCUT2D eigenvalue weighted by Gasteiger charge is -2.25. The van der Waals surface area contributed by atoms with Gasteiger partial charge in [-0.25, -0.2) is 9.98 Å². The van der Waals surface area contributed by atoms with Crippen LogP contribution in [0.3, 0.4) is 0 Å². The molecule has 3 aromatic heterocycles. The molecule has 45 heavy (non-hydrogen) atoms. The van der Waals surface area contributed by atoms with Gasteiger partial charge in [0.2, 0.25) is 6.29 Å². The number of amidine groups is 2. The fourth-order valence-electron chi connectivity index (χ4n) is 7.08. The van der Waals surface area contributed by atoms with Crippen LogP contribution < -0.4 is 10.1 Å². The number of rotatable bonds is 3. The van der Waals surface area contributed by atoms with Gasteiger partial charge in [0.15, 0.2) is 11.5 Å². The molecule has 3 aliphatic heterocycles. The van der Waals surface area contributed by atoms with Gasteiger partial charge >= 0.3 is 0 Å². The summed E-state index contributed by atoms with van der Waals surface area (Å²) in [6, 6.07) is 31.6. The lowest BCUT2D eigenvalue weighted by Crippen LogP contribution is -2.37. The molecule has 4 aromatic carbocycles. The molecule has 8 heteroatoms. The molecule has 6 heterocycles. The zero-order chi connectivity index (χ0) is 29.5. The Labute approximate surface area is 257 Å². The number of pyridine rings is 1. The van der Waals surface area contributed by atoms with Crippen LogP contribution in [-0.4, -0.2) is 38.5 Å². The number of aromatic nitrogens is 3.